The molecule has 1 aliphatic rings. The molecule has 1 N–H and O–H groups in total. The molecule has 0 heterocycles. The summed E-state index contributed by atoms with van der Waals surface area (Å²) in [6, 6.07) is 18.1. The Kier molecular flexibility index (Phi) is 10.9. The second-order valence-corrected chi connectivity index (χ2v) is 13.3. The molecule has 1 saturated carbocycles. The second-order valence-electron chi connectivity index (χ2n) is 11.4. The van der Waals surface area contributed by atoms with Crippen LogP contribution >= 0.6 is 0 Å². The summed E-state index contributed by atoms with van der Waals surface area (Å²) in [5, 5.41) is 3.13. The second kappa shape index (κ2) is 14.6. The van der Waals surface area contributed by atoms with E-state index in [1.165, 1.54) is 37.3 Å². The van der Waals surface area contributed by atoms with Crippen molar-refractivity contribution in [2.75, 3.05) is 25.1 Å². The maximum Gasteiger partial charge on any atom is 0.264 e. The Bertz CT molecular complexity index is 1530. The van der Waals surface area contributed by atoms with E-state index in [-0.39, 0.29) is 34.8 Å². The summed E-state index contributed by atoms with van der Waals surface area (Å²) in [6.45, 7) is 5.10. The molecule has 1 fully saturated rings. The lowest BCUT2D eigenvalue weighted by atomic mass is 9.95. The van der Waals surface area contributed by atoms with Crippen molar-refractivity contribution >= 4 is 27.5 Å². The minimum absolute atomic E-state index is 0.0222. The molecule has 3 aromatic carbocycles. The maximum absolute atomic E-state index is 14.3. The highest BCUT2D eigenvalue weighted by atomic mass is 32.2. The van der Waals surface area contributed by atoms with Crippen molar-refractivity contribution in [2.45, 2.75) is 76.4 Å². The third kappa shape index (κ3) is 7.91. The van der Waals surface area contributed by atoms with Crippen LogP contribution in [0.25, 0.3) is 0 Å². The number of hydrogen-bond donors (Lipinski definition) is 1. The Labute approximate surface area is 261 Å². The lowest BCUT2D eigenvalue weighted by Crippen LogP contribution is -2.53. The van der Waals surface area contributed by atoms with Crippen LogP contribution in [0.5, 0.6) is 11.5 Å². The fourth-order valence-electron chi connectivity index (χ4n) is 5.38. The van der Waals surface area contributed by atoms with Gasteiger partial charge in [-0.2, -0.15) is 0 Å². The predicted octanol–water partition coefficient (Wildman–Crippen LogP) is 5.38. The number of benzene rings is 3. The first kappa shape index (κ1) is 32.9. The van der Waals surface area contributed by atoms with E-state index in [9.17, 15) is 18.0 Å². The standard InChI is InChI=1S/C34H43N3O6S/c1-24-11-15-27(16-12-24)22-36(26(3)34(39)35-28-9-7-6-8-10-28)33(38)23-37(31-21-29(42-4)17-20-32(31)43-5)44(40,41)30-18-13-25(2)14-19-30/h11-21,26,28H,6-10,22-23H2,1-5H3,(H,35,39)/t26-/m1/s1. The SMILES string of the molecule is COc1ccc(OC)c(N(CC(=O)N(Cc2ccc(C)cc2)[C@H](C)C(=O)NC2CCCCC2)S(=O)(=O)c2ccc(C)cc2)c1. The van der Waals surface area contributed by atoms with Crippen LogP contribution in [0.3, 0.4) is 0 Å². The monoisotopic (exact) mass is 621 g/mol. The summed E-state index contributed by atoms with van der Waals surface area (Å²) < 4.78 is 40.4. The highest BCUT2D eigenvalue weighted by molar-refractivity contribution is 7.92. The number of methoxy groups -OCH3 is 2. The van der Waals surface area contributed by atoms with Crippen LogP contribution in [0, 0.1) is 13.8 Å². The Morgan fingerprint density at radius 3 is 2.09 bits per heavy atom. The minimum Gasteiger partial charge on any atom is -0.497 e. The van der Waals surface area contributed by atoms with Gasteiger partial charge in [-0.1, -0.05) is 66.8 Å². The molecule has 0 radical (unpaired) electrons. The van der Waals surface area contributed by atoms with Crippen molar-refractivity contribution in [3.63, 3.8) is 0 Å². The van der Waals surface area contributed by atoms with E-state index in [1.54, 1.807) is 31.2 Å². The van der Waals surface area contributed by atoms with E-state index < -0.39 is 28.5 Å². The van der Waals surface area contributed by atoms with Crippen molar-refractivity contribution in [3.05, 3.63) is 83.4 Å². The zero-order chi connectivity index (χ0) is 31.9. The molecule has 2 amide bonds. The molecule has 0 unspecified atom stereocenters. The van der Waals surface area contributed by atoms with Crippen molar-refractivity contribution in [3.8, 4) is 11.5 Å². The summed E-state index contributed by atoms with van der Waals surface area (Å²) in [6.07, 6.45) is 5.07. The number of nitrogens with zero attached hydrogens (tertiary/aromatic N) is 2. The fourth-order valence-corrected chi connectivity index (χ4v) is 6.80. The molecule has 0 aromatic heterocycles. The van der Waals surface area contributed by atoms with Gasteiger partial charge >= 0.3 is 0 Å². The third-order valence-corrected chi connectivity index (χ3v) is 9.91. The van der Waals surface area contributed by atoms with Crippen LogP contribution in [-0.2, 0) is 26.2 Å². The summed E-state index contributed by atoms with van der Waals surface area (Å²) in [5.74, 6) is -0.141. The van der Waals surface area contributed by atoms with E-state index in [1.807, 2.05) is 38.1 Å². The van der Waals surface area contributed by atoms with Crippen LogP contribution in [0.1, 0.15) is 55.7 Å². The van der Waals surface area contributed by atoms with Gasteiger partial charge in [0.1, 0.15) is 24.1 Å². The molecular weight excluding hydrogens is 578 g/mol. The molecule has 0 saturated heterocycles. The topological polar surface area (TPSA) is 105 Å². The zero-order valence-corrected chi connectivity index (χ0v) is 27.0. The number of ether oxygens (including phenoxy) is 2. The van der Waals surface area contributed by atoms with Crippen LogP contribution in [-0.4, -0.2) is 58.0 Å². The summed E-state index contributed by atoms with van der Waals surface area (Å²) in [5.41, 5.74) is 2.94. The largest absolute Gasteiger partial charge is 0.497 e. The third-order valence-electron chi connectivity index (χ3n) is 8.13. The molecular formula is C34H43N3O6S. The van der Waals surface area contributed by atoms with Crippen molar-refractivity contribution in [2.24, 2.45) is 0 Å². The molecule has 0 spiro atoms. The zero-order valence-electron chi connectivity index (χ0n) is 26.2. The number of sulfonamides is 1. The summed E-state index contributed by atoms with van der Waals surface area (Å²) in [7, 11) is -1.34. The van der Waals surface area contributed by atoms with Gasteiger partial charge in [0.15, 0.2) is 0 Å². The number of aryl methyl sites for hydroxylation is 2. The van der Waals surface area contributed by atoms with E-state index in [4.69, 9.17) is 9.47 Å². The number of nitrogens with one attached hydrogen (secondary N) is 1. The summed E-state index contributed by atoms with van der Waals surface area (Å²) in [4.78, 5) is 29.3. The average Bonchev–Trinajstić information content (AvgIpc) is 3.03. The normalized spacial score (nSPS) is 14.4. The van der Waals surface area contributed by atoms with Gasteiger partial charge in [-0.3, -0.25) is 13.9 Å². The Morgan fingerprint density at radius 2 is 1.50 bits per heavy atom. The van der Waals surface area contributed by atoms with Crippen molar-refractivity contribution < 1.29 is 27.5 Å². The van der Waals surface area contributed by atoms with Crippen LogP contribution in [0.15, 0.2) is 71.6 Å². The Morgan fingerprint density at radius 1 is 0.886 bits per heavy atom. The first-order chi connectivity index (χ1) is 21.0. The highest BCUT2D eigenvalue weighted by Crippen LogP contribution is 2.36. The summed E-state index contributed by atoms with van der Waals surface area (Å²) >= 11 is 0. The number of hydrogen-bond acceptors (Lipinski definition) is 6. The van der Waals surface area contributed by atoms with Crippen LogP contribution < -0.4 is 19.1 Å². The molecule has 4 rings (SSSR count). The first-order valence-electron chi connectivity index (χ1n) is 15.0. The fraction of sp³-hybridized carbons (Fsp3) is 0.412. The van der Waals surface area contributed by atoms with E-state index in [0.717, 1.165) is 53.1 Å². The van der Waals surface area contributed by atoms with Gasteiger partial charge < -0.3 is 19.7 Å². The lowest BCUT2D eigenvalue weighted by Gasteiger charge is -2.33. The van der Waals surface area contributed by atoms with E-state index in [2.05, 4.69) is 5.32 Å². The molecule has 0 bridgehead atoms. The maximum atomic E-state index is 14.3. The van der Waals surface area contributed by atoms with Crippen molar-refractivity contribution in [1.29, 1.82) is 0 Å². The first-order valence-corrected chi connectivity index (χ1v) is 16.4. The molecule has 10 heteroatoms. The molecule has 44 heavy (non-hydrogen) atoms. The van der Waals surface area contributed by atoms with Gasteiger partial charge in [0, 0.05) is 18.7 Å². The van der Waals surface area contributed by atoms with Gasteiger partial charge in [0.2, 0.25) is 11.8 Å². The number of anilines is 1. The molecule has 1 atom stereocenters. The van der Waals surface area contributed by atoms with Crippen LogP contribution in [0.2, 0.25) is 0 Å². The number of amides is 2. The Hall–Kier alpha value is -4.05. The van der Waals surface area contributed by atoms with Gasteiger partial charge in [-0.15, -0.1) is 0 Å². The molecule has 9 nitrogen and oxygen atoms in total. The molecule has 1 aliphatic carbocycles. The Balaban J connectivity index is 1.74. The van der Waals surface area contributed by atoms with E-state index >= 15 is 0 Å². The molecule has 3 aromatic rings. The predicted molar refractivity (Wildman–Crippen MR) is 171 cm³/mol. The number of rotatable bonds is 12. The van der Waals surface area contributed by atoms with Gasteiger partial charge in [0.05, 0.1) is 24.8 Å². The number of carbonyl (C=O) groups is 2. The van der Waals surface area contributed by atoms with Gasteiger partial charge in [-0.25, -0.2) is 8.42 Å². The number of carbonyl (C=O) groups excluding carboxylic acids is 2. The average molecular weight is 622 g/mol. The molecule has 236 valence electrons. The van der Waals surface area contributed by atoms with Crippen LogP contribution in [0.4, 0.5) is 5.69 Å². The van der Waals surface area contributed by atoms with E-state index in [0.29, 0.717) is 5.75 Å². The van der Waals surface area contributed by atoms with Gasteiger partial charge in [0.25, 0.3) is 10.0 Å². The lowest BCUT2D eigenvalue weighted by molar-refractivity contribution is -0.139. The highest BCUT2D eigenvalue weighted by Gasteiger charge is 2.34. The van der Waals surface area contributed by atoms with Crippen molar-refractivity contribution in [1.82, 2.24) is 10.2 Å². The quantitative estimate of drug-likeness (QED) is 0.291. The molecule has 0 aliphatic heterocycles. The minimum atomic E-state index is -4.25. The smallest absolute Gasteiger partial charge is 0.264 e. The van der Waals surface area contributed by atoms with Gasteiger partial charge in [-0.05, 0) is 63.4 Å².